The Hall–Kier alpha value is -2.64. The van der Waals surface area contributed by atoms with Crippen molar-refractivity contribution in [2.24, 2.45) is 0 Å². The van der Waals surface area contributed by atoms with Crippen LogP contribution in [0, 0.1) is 0 Å². The fraction of sp³-hybridized carbons (Fsp3) is 0.478. The van der Waals surface area contributed by atoms with E-state index in [1.165, 1.54) is 37.9 Å². The summed E-state index contributed by atoms with van der Waals surface area (Å²) in [5, 5.41) is 11.0. The number of hydrogen-bond acceptors (Lipinski definition) is 6. The van der Waals surface area contributed by atoms with Crippen molar-refractivity contribution in [1.29, 1.82) is 0 Å². The van der Waals surface area contributed by atoms with Crippen LogP contribution in [0.3, 0.4) is 0 Å². The predicted molar refractivity (Wildman–Crippen MR) is 118 cm³/mol. The highest BCUT2D eigenvalue weighted by molar-refractivity contribution is 5.88. The summed E-state index contributed by atoms with van der Waals surface area (Å²) >= 11 is 0. The number of rotatable bonds is 8. The zero-order chi connectivity index (χ0) is 20.9. The highest BCUT2D eigenvalue weighted by atomic mass is 16.5. The van der Waals surface area contributed by atoms with Gasteiger partial charge < -0.3 is 20.6 Å². The Bertz CT molecular complexity index is 964. The summed E-state index contributed by atoms with van der Waals surface area (Å²) in [4.78, 5) is 14.3. The molecule has 1 atom stereocenters. The van der Waals surface area contributed by atoms with Crippen molar-refractivity contribution < 1.29 is 9.84 Å². The van der Waals surface area contributed by atoms with Gasteiger partial charge in [-0.3, -0.25) is 4.90 Å². The van der Waals surface area contributed by atoms with Crippen LogP contribution in [0.5, 0.6) is 6.01 Å². The fourth-order valence-corrected chi connectivity index (χ4v) is 3.97. The normalized spacial score (nSPS) is 16.1. The highest BCUT2D eigenvalue weighted by Crippen LogP contribution is 2.31. The number of fused-ring (bicyclic) bond motifs is 1. The number of anilines is 1. The summed E-state index contributed by atoms with van der Waals surface area (Å²) < 4.78 is 5.63. The minimum absolute atomic E-state index is 0.248. The Labute approximate surface area is 177 Å². The molecule has 30 heavy (non-hydrogen) atoms. The summed E-state index contributed by atoms with van der Waals surface area (Å²) in [6.45, 7) is 5.95. The maximum atomic E-state index is 11.0. The molecule has 1 unspecified atom stereocenters. The van der Waals surface area contributed by atoms with E-state index in [0.717, 1.165) is 24.9 Å². The molecule has 4 rings (SSSR count). The number of H-pyrrole nitrogens is 1. The van der Waals surface area contributed by atoms with E-state index in [-0.39, 0.29) is 6.01 Å². The maximum absolute atomic E-state index is 11.0. The molecule has 1 fully saturated rings. The summed E-state index contributed by atoms with van der Waals surface area (Å²) in [6, 6.07) is 8.44. The number of aliphatic hydroxyl groups is 1. The van der Waals surface area contributed by atoms with Gasteiger partial charge in [0.05, 0.1) is 6.61 Å². The first-order valence-corrected chi connectivity index (χ1v) is 10.9. The maximum Gasteiger partial charge on any atom is 0.319 e. The summed E-state index contributed by atoms with van der Waals surface area (Å²) in [6.07, 6.45) is 6.80. The smallest absolute Gasteiger partial charge is 0.319 e. The van der Waals surface area contributed by atoms with Crippen molar-refractivity contribution in [1.82, 2.24) is 19.9 Å². The molecule has 1 aliphatic heterocycles. The van der Waals surface area contributed by atoms with Crippen molar-refractivity contribution in [2.45, 2.75) is 51.7 Å². The molecule has 0 bridgehead atoms. The zero-order valence-electron chi connectivity index (χ0n) is 17.6. The Kier molecular flexibility index (Phi) is 6.50. The van der Waals surface area contributed by atoms with Crippen molar-refractivity contribution in [3.8, 4) is 6.01 Å². The van der Waals surface area contributed by atoms with Crippen LogP contribution in [-0.4, -0.2) is 44.7 Å². The summed E-state index contributed by atoms with van der Waals surface area (Å²) in [5.74, 6) is 0.321. The topological polar surface area (TPSA) is 100 Å². The number of nitrogens with one attached hydrogen (secondary N) is 1. The monoisotopic (exact) mass is 409 g/mol. The van der Waals surface area contributed by atoms with Crippen LogP contribution in [-0.2, 0) is 6.54 Å². The first-order chi connectivity index (χ1) is 14.7. The molecular formula is C23H31N5O2. The van der Waals surface area contributed by atoms with Gasteiger partial charge in [0, 0.05) is 18.3 Å². The van der Waals surface area contributed by atoms with Crippen molar-refractivity contribution in [3.05, 3.63) is 47.2 Å². The third kappa shape index (κ3) is 4.57. The number of hydrogen-bond donors (Lipinski definition) is 3. The van der Waals surface area contributed by atoms with Gasteiger partial charge in [0.1, 0.15) is 17.1 Å². The number of ether oxygens (including phenoxy) is 1. The number of piperidine rings is 1. The molecule has 0 radical (unpaired) electrons. The lowest BCUT2D eigenvalue weighted by molar-refractivity contribution is 0.218. The molecule has 1 aromatic carbocycles. The van der Waals surface area contributed by atoms with E-state index in [4.69, 9.17) is 10.5 Å². The number of likely N-dealkylation sites (tertiary alicyclic amines) is 1. The molecule has 1 aliphatic rings. The van der Waals surface area contributed by atoms with Gasteiger partial charge in [-0.2, -0.15) is 9.97 Å². The lowest BCUT2D eigenvalue weighted by Gasteiger charge is -2.26. The van der Waals surface area contributed by atoms with Crippen LogP contribution in [0.2, 0.25) is 0 Å². The van der Waals surface area contributed by atoms with E-state index in [1.807, 2.05) is 12.1 Å². The number of aromatic nitrogens is 3. The van der Waals surface area contributed by atoms with Gasteiger partial charge in [-0.25, -0.2) is 0 Å². The zero-order valence-corrected chi connectivity index (χ0v) is 17.6. The minimum Gasteiger partial charge on any atom is -0.463 e. The van der Waals surface area contributed by atoms with Crippen LogP contribution in [0.1, 0.15) is 61.8 Å². The Morgan fingerprint density at radius 3 is 2.67 bits per heavy atom. The average molecular weight is 410 g/mol. The molecule has 3 heterocycles. The van der Waals surface area contributed by atoms with Crippen molar-refractivity contribution in [2.75, 3.05) is 25.4 Å². The van der Waals surface area contributed by atoms with E-state index in [2.05, 4.69) is 38.9 Å². The molecule has 1 saturated heterocycles. The number of unbranched alkanes of at least 4 members (excludes halogenated alkanes) is 1. The minimum atomic E-state index is -0.805. The van der Waals surface area contributed by atoms with Gasteiger partial charge in [-0.05, 0) is 43.5 Å². The number of nitrogens with two attached hydrogens (primary N) is 1. The largest absolute Gasteiger partial charge is 0.463 e. The van der Waals surface area contributed by atoms with E-state index in [0.29, 0.717) is 29.0 Å². The van der Waals surface area contributed by atoms with E-state index < -0.39 is 6.10 Å². The SMILES string of the molecule is CCCCOc1nc(N)c2[nH]cc(C(O)c3ccc(CN4CCCCC4)cc3)c2n1. The Morgan fingerprint density at radius 1 is 1.17 bits per heavy atom. The Morgan fingerprint density at radius 2 is 1.93 bits per heavy atom. The Balaban J connectivity index is 1.52. The van der Waals surface area contributed by atoms with Crippen LogP contribution < -0.4 is 10.5 Å². The number of aromatic amines is 1. The quantitative estimate of drug-likeness (QED) is 0.490. The first-order valence-electron chi connectivity index (χ1n) is 10.9. The highest BCUT2D eigenvalue weighted by Gasteiger charge is 2.20. The van der Waals surface area contributed by atoms with Gasteiger partial charge in [-0.1, -0.05) is 44.0 Å². The molecule has 0 spiro atoms. The molecule has 4 N–H and O–H groups in total. The lowest BCUT2D eigenvalue weighted by Crippen LogP contribution is -2.29. The molecule has 7 nitrogen and oxygen atoms in total. The van der Waals surface area contributed by atoms with E-state index in [9.17, 15) is 5.11 Å². The molecule has 0 saturated carbocycles. The van der Waals surface area contributed by atoms with E-state index in [1.54, 1.807) is 6.20 Å². The van der Waals surface area contributed by atoms with Crippen LogP contribution in [0.4, 0.5) is 5.82 Å². The number of benzene rings is 1. The second-order valence-corrected chi connectivity index (χ2v) is 8.04. The molecular weight excluding hydrogens is 378 g/mol. The molecule has 160 valence electrons. The lowest BCUT2D eigenvalue weighted by atomic mass is 10.0. The van der Waals surface area contributed by atoms with E-state index >= 15 is 0 Å². The second kappa shape index (κ2) is 9.45. The van der Waals surface area contributed by atoms with Gasteiger partial charge in [-0.15, -0.1) is 0 Å². The summed E-state index contributed by atoms with van der Waals surface area (Å²) in [7, 11) is 0. The third-order valence-electron chi connectivity index (χ3n) is 5.74. The number of aliphatic hydroxyl groups excluding tert-OH is 1. The molecule has 3 aromatic rings. The first kappa shape index (κ1) is 20.6. The molecule has 7 heteroatoms. The van der Waals surface area contributed by atoms with Crippen LogP contribution >= 0.6 is 0 Å². The van der Waals surface area contributed by atoms with Gasteiger partial charge in [0.25, 0.3) is 0 Å². The van der Waals surface area contributed by atoms with Crippen LogP contribution in [0.25, 0.3) is 11.0 Å². The predicted octanol–water partition coefficient (Wildman–Crippen LogP) is 3.79. The summed E-state index contributed by atoms with van der Waals surface area (Å²) in [5.41, 5.74) is 10.1. The number of nitrogens with zero attached hydrogens (tertiary/aromatic N) is 3. The van der Waals surface area contributed by atoms with Gasteiger partial charge in [0.2, 0.25) is 0 Å². The second-order valence-electron chi connectivity index (χ2n) is 8.04. The van der Waals surface area contributed by atoms with Gasteiger partial charge >= 0.3 is 6.01 Å². The number of nitrogen functional groups attached to an aromatic ring is 1. The molecule has 0 aliphatic carbocycles. The molecule has 0 amide bonds. The van der Waals surface area contributed by atoms with Crippen molar-refractivity contribution in [3.63, 3.8) is 0 Å². The standard InChI is InChI=1S/C23H31N5O2/c1-2-3-13-30-23-26-19-18(14-25-20(19)22(24)27-23)21(29)17-9-7-16(8-10-17)15-28-11-5-4-6-12-28/h7-10,14,21,25,29H,2-6,11-13,15H2,1H3,(H2,24,26,27). The third-order valence-corrected chi connectivity index (χ3v) is 5.74. The fourth-order valence-electron chi connectivity index (χ4n) is 3.97. The molecule has 2 aromatic heterocycles. The average Bonchev–Trinajstić information content (AvgIpc) is 3.19. The van der Waals surface area contributed by atoms with Crippen LogP contribution in [0.15, 0.2) is 30.5 Å². The van der Waals surface area contributed by atoms with Gasteiger partial charge in [0.15, 0.2) is 5.82 Å². The van der Waals surface area contributed by atoms with Crippen molar-refractivity contribution >= 4 is 16.9 Å².